The maximum Gasteiger partial charge on any atom is 0.0995 e. The van der Waals surface area contributed by atoms with E-state index in [0.29, 0.717) is 0 Å². The van der Waals surface area contributed by atoms with Gasteiger partial charge in [-0.2, -0.15) is 0 Å². The minimum absolute atomic E-state index is 0.211. The van der Waals surface area contributed by atoms with Crippen LogP contribution in [0.4, 0.5) is 0 Å². The van der Waals surface area contributed by atoms with Crippen molar-refractivity contribution in [1.82, 2.24) is 9.38 Å². The van der Waals surface area contributed by atoms with Crippen molar-refractivity contribution in [3.8, 4) is 0 Å². The molecule has 3 heteroatoms. The molecule has 1 unspecified atom stereocenters. The van der Waals surface area contributed by atoms with Crippen molar-refractivity contribution >= 4 is 5.52 Å². The summed E-state index contributed by atoms with van der Waals surface area (Å²) in [6.07, 6.45) is 3.08. The quantitative estimate of drug-likeness (QED) is 0.786. The van der Waals surface area contributed by atoms with Crippen LogP contribution < -0.4 is 0 Å². The van der Waals surface area contributed by atoms with Crippen molar-refractivity contribution in [3.63, 3.8) is 0 Å². The van der Waals surface area contributed by atoms with E-state index >= 15 is 0 Å². The van der Waals surface area contributed by atoms with Crippen LogP contribution in [-0.2, 0) is 0 Å². The molecule has 74 valence electrons. The smallest absolute Gasteiger partial charge is 0.0995 e. The third-order valence-corrected chi connectivity index (χ3v) is 2.41. The maximum atomic E-state index is 9.97. The fraction of sp³-hybridized carbons (Fsp3) is 0.364. The SMILES string of the molecule is CC(C)C(O)c1cccc2cncn12. The zero-order chi connectivity index (χ0) is 10.1. The Bertz CT molecular complexity index is 434. The Labute approximate surface area is 83.0 Å². The molecule has 14 heavy (non-hydrogen) atoms. The number of imidazole rings is 1. The van der Waals surface area contributed by atoms with Crippen molar-refractivity contribution in [2.45, 2.75) is 20.0 Å². The van der Waals surface area contributed by atoms with Gasteiger partial charge < -0.3 is 9.51 Å². The molecule has 0 saturated heterocycles. The van der Waals surface area contributed by atoms with Crippen LogP contribution in [0, 0.1) is 5.92 Å². The lowest BCUT2D eigenvalue weighted by Gasteiger charge is -2.16. The van der Waals surface area contributed by atoms with E-state index in [1.54, 1.807) is 12.5 Å². The summed E-state index contributed by atoms with van der Waals surface area (Å²) in [5.74, 6) is 0.211. The van der Waals surface area contributed by atoms with Gasteiger partial charge in [0.2, 0.25) is 0 Å². The first-order valence-corrected chi connectivity index (χ1v) is 4.79. The summed E-state index contributed by atoms with van der Waals surface area (Å²) in [5, 5.41) is 9.97. The number of aromatic nitrogens is 2. The largest absolute Gasteiger partial charge is 0.387 e. The van der Waals surface area contributed by atoms with Gasteiger partial charge in [-0.1, -0.05) is 19.9 Å². The summed E-state index contributed by atoms with van der Waals surface area (Å²) < 4.78 is 1.92. The molecule has 0 spiro atoms. The number of hydrogen-bond acceptors (Lipinski definition) is 2. The van der Waals surface area contributed by atoms with E-state index < -0.39 is 6.10 Å². The van der Waals surface area contributed by atoms with Gasteiger partial charge in [0.25, 0.3) is 0 Å². The highest BCUT2D eigenvalue weighted by atomic mass is 16.3. The second-order valence-corrected chi connectivity index (χ2v) is 3.83. The molecule has 1 N–H and O–H groups in total. The summed E-state index contributed by atoms with van der Waals surface area (Å²) >= 11 is 0. The number of aliphatic hydroxyl groups excluding tert-OH is 1. The third-order valence-electron chi connectivity index (χ3n) is 2.41. The first-order valence-electron chi connectivity index (χ1n) is 4.79. The Morgan fingerprint density at radius 3 is 2.86 bits per heavy atom. The molecule has 1 atom stereocenters. The van der Waals surface area contributed by atoms with Crippen LogP contribution in [0.15, 0.2) is 30.7 Å². The van der Waals surface area contributed by atoms with E-state index in [-0.39, 0.29) is 5.92 Å². The van der Waals surface area contributed by atoms with E-state index in [0.717, 1.165) is 11.2 Å². The van der Waals surface area contributed by atoms with E-state index in [4.69, 9.17) is 0 Å². The van der Waals surface area contributed by atoms with Gasteiger partial charge in [0.1, 0.15) is 0 Å². The van der Waals surface area contributed by atoms with Crippen LogP contribution in [0.2, 0.25) is 0 Å². The van der Waals surface area contributed by atoms with Crippen molar-refractivity contribution in [2.75, 3.05) is 0 Å². The zero-order valence-electron chi connectivity index (χ0n) is 8.38. The summed E-state index contributed by atoms with van der Waals surface area (Å²) in [6.45, 7) is 4.00. The molecular formula is C11H14N2O. The number of fused-ring (bicyclic) bond motifs is 1. The second-order valence-electron chi connectivity index (χ2n) is 3.83. The number of rotatable bonds is 2. The molecule has 0 aliphatic rings. The van der Waals surface area contributed by atoms with Gasteiger partial charge in [0.15, 0.2) is 0 Å². The number of pyridine rings is 1. The normalized spacial score (nSPS) is 13.7. The zero-order valence-corrected chi connectivity index (χ0v) is 8.38. The van der Waals surface area contributed by atoms with E-state index in [1.807, 2.05) is 36.4 Å². The summed E-state index contributed by atoms with van der Waals surface area (Å²) in [6, 6.07) is 5.85. The fourth-order valence-electron chi connectivity index (χ4n) is 1.55. The molecule has 2 rings (SSSR count). The lowest BCUT2D eigenvalue weighted by Crippen LogP contribution is -2.09. The van der Waals surface area contributed by atoms with Crippen LogP contribution in [0.3, 0.4) is 0 Å². The average Bonchev–Trinajstić information content (AvgIpc) is 2.63. The van der Waals surface area contributed by atoms with Crippen LogP contribution in [-0.4, -0.2) is 14.5 Å². The molecule has 0 saturated carbocycles. The van der Waals surface area contributed by atoms with Crippen molar-refractivity contribution in [1.29, 1.82) is 0 Å². The van der Waals surface area contributed by atoms with Gasteiger partial charge >= 0.3 is 0 Å². The van der Waals surface area contributed by atoms with Crippen molar-refractivity contribution < 1.29 is 5.11 Å². The summed E-state index contributed by atoms with van der Waals surface area (Å²) in [4.78, 5) is 4.06. The lowest BCUT2D eigenvalue weighted by atomic mass is 10.0. The average molecular weight is 190 g/mol. The van der Waals surface area contributed by atoms with Crippen LogP contribution in [0.1, 0.15) is 25.6 Å². The topological polar surface area (TPSA) is 37.5 Å². The highest BCUT2D eigenvalue weighted by Gasteiger charge is 2.14. The lowest BCUT2D eigenvalue weighted by molar-refractivity contribution is 0.121. The number of aliphatic hydroxyl groups is 1. The van der Waals surface area contributed by atoms with Gasteiger partial charge in [-0.15, -0.1) is 0 Å². The molecule has 0 aliphatic carbocycles. The van der Waals surface area contributed by atoms with E-state index in [9.17, 15) is 5.11 Å². The molecule has 0 bridgehead atoms. The molecule has 0 aromatic carbocycles. The van der Waals surface area contributed by atoms with Crippen molar-refractivity contribution in [2.24, 2.45) is 5.92 Å². The predicted octanol–water partition coefficient (Wildman–Crippen LogP) is 2.02. The van der Waals surface area contributed by atoms with Gasteiger partial charge in [0.05, 0.1) is 29.8 Å². The molecule has 2 aromatic heterocycles. The Kier molecular flexibility index (Phi) is 2.25. The highest BCUT2D eigenvalue weighted by Crippen LogP contribution is 2.21. The predicted molar refractivity (Wildman–Crippen MR) is 55.0 cm³/mol. The molecule has 0 fully saturated rings. The second kappa shape index (κ2) is 3.42. The maximum absolute atomic E-state index is 9.97. The minimum atomic E-state index is -0.437. The Hall–Kier alpha value is -1.35. The van der Waals surface area contributed by atoms with Crippen LogP contribution in [0.25, 0.3) is 5.52 Å². The first kappa shape index (κ1) is 9.21. The molecule has 2 aromatic rings. The molecule has 0 aliphatic heterocycles. The highest BCUT2D eigenvalue weighted by molar-refractivity contribution is 5.46. The molecule has 0 radical (unpaired) electrons. The van der Waals surface area contributed by atoms with Crippen LogP contribution >= 0.6 is 0 Å². The Balaban J connectivity index is 2.56. The summed E-state index contributed by atoms with van der Waals surface area (Å²) in [7, 11) is 0. The Morgan fingerprint density at radius 1 is 1.36 bits per heavy atom. The van der Waals surface area contributed by atoms with E-state index in [1.165, 1.54) is 0 Å². The van der Waals surface area contributed by atoms with Crippen molar-refractivity contribution in [3.05, 3.63) is 36.4 Å². The van der Waals surface area contributed by atoms with Gasteiger partial charge in [-0.3, -0.25) is 0 Å². The third kappa shape index (κ3) is 1.40. The van der Waals surface area contributed by atoms with Gasteiger partial charge in [-0.05, 0) is 18.1 Å². The molecular weight excluding hydrogens is 176 g/mol. The fourth-order valence-corrected chi connectivity index (χ4v) is 1.55. The monoisotopic (exact) mass is 190 g/mol. The number of hydrogen-bond donors (Lipinski definition) is 1. The molecule has 3 nitrogen and oxygen atoms in total. The minimum Gasteiger partial charge on any atom is -0.387 e. The van der Waals surface area contributed by atoms with E-state index in [2.05, 4.69) is 4.98 Å². The molecule has 2 heterocycles. The molecule has 0 amide bonds. The first-order chi connectivity index (χ1) is 6.70. The van der Waals surface area contributed by atoms with Gasteiger partial charge in [0, 0.05) is 0 Å². The van der Waals surface area contributed by atoms with Gasteiger partial charge in [-0.25, -0.2) is 4.98 Å². The number of nitrogens with zero attached hydrogens (tertiary/aromatic N) is 2. The summed E-state index contributed by atoms with van der Waals surface area (Å²) in [5.41, 5.74) is 1.91. The van der Waals surface area contributed by atoms with Crippen LogP contribution in [0.5, 0.6) is 0 Å². The standard InChI is InChI=1S/C11H14N2O/c1-8(2)11(14)10-5-3-4-9-6-12-7-13(9)10/h3-8,11,14H,1-2H3. The Morgan fingerprint density at radius 2 is 2.14 bits per heavy atom.